The lowest BCUT2D eigenvalue weighted by Crippen LogP contribution is -2.25. The van der Waals surface area contributed by atoms with Gasteiger partial charge in [-0.15, -0.1) is 0 Å². The number of fused-ring (bicyclic) bond motifs is 1. The summed E-state index contributed by atoms with van der Waals surface area (Å²) in [5.74, 6) is -0.969. The third-order valence-corrected chi connectivity index (χ3v) is 5.06. The molecule has 0 bridgehead atoms. The van der Waals surface area contributed by atoms with E-state index in [9.17, 15) is 14.4 Å². The number of carbonyl (C=O) groups is 2. The minimum Gasteiger partial charge on any atom is -0.497 e. The van der Waals surface area contributed by atoms with Crippen molar-refractivity contribution in [1.82, 2.24) is 5.32 Å². The molecular formula is C24H21N3O6. The number of carbonyl (C=O) groups excluding carboxylic acids is 1. The number of hydrogen-bond acceptors (Lipinski definition) is 7. The topological polar surface area (TPSA) is 130 Å². The monoisotopic (exact) mass is 447 g/mol. The van der Waals surface area contributed by atoms with Crippen molar-refractivity contribution in [2.24, 2.45) is 0 Å². The molecule has 168 valence electrons. The molecule has 4 rings (SSSR count). The number of carboxylic acid groups (broad SMARTS) is 1. The first-order valence-electron chi connectivity index (χ1n) is 10.1. The van der Waals surface area contributed by atoms with E-state index in [0.29, 0.717) is 41.1 Å². The smallest absolute Gasteiger partial charge is 0.360 e. The van der Waals surface area contributed by atoms with Gasteiger partial charge in [0.25, 0.3) is 5.91 Å². The number of amides is 1. The van der Waals surface area contributed by atoms with Gasteiger partial charge in [-0.2, -0.15) is 0 Å². The summed E-state index contributed by atoms with van der Waals surface area (Å²) in [4.78, 5) is 36.5. The molecule has 0 atom stereocenters. The van der Waals surface area contributed by atoms with Gasteiger partial charge in [0.1, 0.15) is 22.7 Å². The molecule has 9 heteroatoms. The van der Waals surface area contributed by atoms with Crippen LogP contribution in [-0.4, -0.2) is 37.2 Å². The highest BCUT2D eigenvalue weighted by Crippen LogP contribution is 2.23. The average molecular weight is 447 g/mol. The normalized spacial score (nSPS) is 12.9. The number of aliphatic carboxylic acids is 1. The lowest BCUT2D eigenvalue weighted by atomic mass is 10.1. The number of para-hydroxylation sites is 1. The van der Waals surface area contributed by atoms with Gasteiger partial charge in [-0.05, 0) is 42.0 Å². The quantitative estimate of drug-likeness (QED) is 0.407. The number of benzene rings is 2. The van der Waals surface area contributed by atoms with Gasteiger partial charge in [0, 0.05) is 30.2 Å². The largest absolute Gasteiger partial charge is 0.497 e. The molecule has 0 saturated heterocycles. The van der Waals surface area contributed by atoms with Gasteiger partial charge in [0.15, 0.2) is 0 Å². The summed E-state index contributed by atoms with van der Waals surface area (Å²) in [5.41, 5.74) is 1.43. The number of anilines is 2. The van der Waals surface area contributed by atoms with Crippen LogP contribution in [0.4, 0.5) is 11.4 Å². The molecule has 0 fully saturated rings. The Morgan fingerprint density at radius 2 is 1.97 bits per heavy atom. The van der Waals surface area contributed by atoms with E-state index >= 15 is 0 Å². The van der Waals surface area contributed by atoms with E-state index in [2.05, 4.69) is 16.0 Å². The zero-order valence-electron chi connectivity index (χ0n) is 17.7. The zero-order chi connectivity index (χ0) is 23.4. The first kappa shape index (κ1) is 21.7. The van der Waals surface area contributed by atoms with E-state index in [1.807, 2.05) is 6.08 Å². The Bertz CT molecular complexity index is 1360. The summed E-state index contributed by atoms with van der Waals surface area (Å²) in [6, 6.07) is 13.4. The Balaban J connectivity index is 1.53. The molecule has 1 amide bonds. The van der Waals surface area contributed by atoms with E-state index < -0.39 is 17.5 Å². The molecule has 4 N–H and O–H groups in total. The Morgan fingerprint density at radius 1 is 1.15 bits per heavy atom. The highest BCUT2D eigenvalue weighted by Gasteiger charge is 2.16. The number of hydrogen-bond donors (Lipinski definition) is 4. The molecule has 1 aliphatic rings. The van der Waals surface area contributed by atoms with E-state index in [0.717, 1.165) is 5.57 Å². The van der Waals surface area contributed by atoms with Crippen LogP contribution in [0.15, 0.2) is 81.2 Å². The molecular weight excluding hydrogens is 426 g/mol. The highest BCUT2D eigenvalue weighted by atomic mass is 16.5. The van der Waals surface area contributed by atoms with Crippen LogP contribution in [0.1, 0.15) is 10.4 Å². The van der Waals surface area contributed by atoms with Crippen LogP contribution in [-0.2, 0) is 4.79 Å². The molecule has 0 saturated carbocycles. The van der Waals surface area contributed by atoms with Crippen LogP contribution < -0.4 is 26.3 Å². The molecule has 0 spiro atoms. The van der Waals surface area contributed by atoms with Crippen molar-refractivity contribution in [3.63, 3.8) is 0 Å². The van der Waals surface area contributed by atoms with Crippen LogP contribution in [0.3, 0.4) is 0 Å². The van der Waals surface area contributed by atoms with Gasteiger partial charge < -0.3 is 30.2 Å². The van der Waals surface area contributed by atoms with E-state index in [1.54, 1.807) is 48.5 Å². The van der Waals surface area contributed by atoms with Crippen LogP contribution in [0.25, 0.3) is 11.0 Å². The predicted molar refractivity (Wildman–Crippen MR) is 124 cm³/mol. The number of carboxylic acids is 1. The van der Waals surface area contributed by atoms with Crippen LogP contribution >= 0.6 is 0 Å². The molecule has 1 aromatic heterocycles. The SMILES string of the molecule is COc1ccc2cc(NC(=O)c3ccccc3NCC3=CCNC(C(=O)O)=C3)c(=O)oc2c1. The van der Waals surface area contributed by atoms with Gasteiger partial charge in [-0.1, -0.05) is 18.2 Å². The van der Waals surface area contributed by atoms with Crippen molar-refractivity contribution in [3.8, 4) is 5.75 Å². The molecule has 0 aliphatic carbocycles. The van der Waals surface area contributed by atoms with E-state index in [4.69, 9.17) is 14.3 Å². The summed E-state index contributed by atoms with van der Waals surface area (Å²) < 4.78 is 10.5. The van der Waals surface area contributed by atoms with E-state index in [-0.39, 0.29) is 11.4 Å². The number of methoxy groups -OCH3 is 1. The minimum absolute atomic E-state index is 0.0163. The van der Waals surface area contributed by atoms with Gasteiger partial charge >= 0.3 is 11.6 Å². The number of ether oxygens (including phenoxy) is 1. The molecule has 3 aromatic rings. The van der Waals surface area contributed by atoms with Crippen LogP contribution in [0.2, 0.25) is 0 Å². The summed E-state index contributed by atoms with van der Waals surface area (Å²) in [5, 5.41) is 18.3. The zero-order valence-corrected chi connectivity index (χ0v) is 17.7. The van der Waals surface area contributed by atoms with Crippen molar-refractivity contribution in [1.29, 1.82) is 0 Å². The van der Waals surface area contributed by atoms with Gasteiger partial charge in [0.2, 0.25) is 0 Å². The van der Waals surface area contributed by atoms with Crippen molar-refractivity contribution >= 4 is 34.2 Å². The minimum atomic E-state index is -1.03. The molecule has 2 aromatic carbocycles. The van der Waals surface area contributed by atoms with Crippen LogP contribution in [0.5, 0.6) is 5.75 Å². The fraction of sp³-hybridized carbons (Fsp3) is 0.125. The predicted octanol–water partition coefficient (Wildman–Crippen LogP) is 2.96. The van der Waals surface area contributed by atoms with Crippen molar-refractivity contribution in [3.05, 3.63) is 87.9 Å². The van der Waals surface area contributed by atoms with Gasteiger partial charge in [-0.3, -0.25) is 4.79 Å². The first-order valence-corrected chi connectivity index (χ1v) is 10.1. The Morgan fingerprint density at radius 3 is 2.76 bits per heavy atom. The van der Waals surface area contributed by atoms with Crippen molar-refractivity contribution in [2.45, 2.75) is 0 Å². The van der Waals surface area contributed by atoms with Crippen molar-refractivity contribution in [2.75, 3.05) is 30.8 Å². The third kappa shape index (κ3) is 4.87. The highest BCUT2D eigenvalue weighted by molar-refractivity contribution is 6.08. The fourth-order valence-electron chi connectivity index (χ4n) is 3.38. The first-order chi connectivity index (χ1) is 15.9. The maximum absolute atomic E-state index is 13.0. The maximum Gasteiger partial charge on any atom is 0.360 e. The number of rotatable bonds is 7. The lowest BCUT2D eigenvalue weighted by Gasteiger charge is -2.16. The summed E-state index contributed by atoms with van der Waals surface area (Å²) in [6.07, 6.45) is 3.40. The Hall–Kier alpha value is -4.53. The summed E-state index contributed by atoms with van der Waals surface area (Å²) >= 11 is 0. The lowest BCUT2D eigenvalue weighted by molar-refractivity contribution is -0.133. The second-order valence-corrected chi connectivity index (χ2v) is 7.23. The summed E-state index contributed by atoms with van der Waals surface area (Å²) in [7, 11) is 1.52. The van der Waals surface area contributed by atoms with Crippen molar-refractivity contribution < 1.29 is 23.8 Å². The second kappa shape index (κ2) is 9.31. The molecule has 2 heterocycles. The van der Waals surface area contributed by atoms with Crippen LogP contribution in [0, 0.1) is 0 Å². The second-order valence-electron chi connectivity index (χ2n) is 7.23. The molecule has 1 aliphatic heterocycles. The molecule has 33 heavy (non-hydrogen) atoms. The molecule has 0 radical (unpaired) electrons. The summed E-state index contributed by atoms with van der Waals surface area (Å²) in [6.45, 7) is 0.726. The maximum atomic E-state index is 13.0. The fourth-order valence-corrected chi connectivity index (χ4v) is 3.38. The van der Waals surface area contributed by atoms with Gasteiger partial charge in [-0.25, -0.2) is 9.59 Å². The third-order valence-electron chi connectivity index (χ3n) is 5.06. The number of nitrogens with one attached hydrogen (secondary N) is 3. The molecule has 9 nitrogen and oxygen atoms in total. The Labute approximate surface area is 188 Å². The van der Waals surface area contributed by atoms with Gasteiger partial charge in [0.05, 0.1) is 12.7 Å². The average Bonchev–Trinajstić information content (AvgIpc) is 2.83. The standard InChI is InChI=1S/C24H21N3O6/c1-32-16-7-6-15-11-20(24(31)33-21(15)12-16)27-22(28)17-4-2-3-5-18(17)26-13-14-8-9-25-19(10-14)23(29)30/h2-8,10-12,25-26H,9,13H2,1H3,(H,27,28)(H,29,30). The number of dihydropyridines is 1. The Kier molecular flexibility index (Phi) is 6.12. The molecule has 0 unspecified atom stereocenters. The van der Waals surface area contributed by atoms with E-state index in [1.165, 1.54) is 13.2 Å².